The van der Waals surface area contributed by atoms with E-state index < -0.39 is 10.1 Å². The second-order valence-corrected chi connectivity index (χ2v) is 11.9. The Morgan fingerprint density at radius 2 is 1.32 bits per heavy atom. The molecule has 0 aliphatic heterocycles. The van der Waals surface area contributed by atoms with E-state index in [2.05, 4.69) is 0 Å². The van der Waals surface area contributed by atoms with Gasteiger partial charge in [-0.2, -0.15) is 17.8 Å². The van der Waals surface area contributed by atoms with E-state index in [4.69, 9.17) is 9.39 Å². The molecule has 5 nitrogen and oxygen atoms in total. The SMILES string of the molecule is Cc1ccc(S(=O)(=O)ON(C)CCCCC2CCCCC2)cc1.OCCCCC1CCCCC1. The molecule has 2 saturated carbocycles. The van der Waals surface area contributed by atoms with Gasteiger partial charge in [0, 0.05) is 20.2 Å². The fraction of sp³-hybridized carbons (Fsp3) is 0.786. The second kappa shape index (κ2) is 16.7. The Hall–Kier alpha value is -0.950. The van der Waals surface area contributed by atoms with Crippen LogP contribution in [0.2, 0.25) is 0 Å². The molecule has 0 heterocycles. The van der Waals surface area contributed by atoms with Crippen LogP contribution in [0.4, 0.5) is 0 Å². The molecule has 0 aromatic heterocycles. The first-order valence-electron chi connectivity index (χ1n) is 13.7. The van der Waals surface area contributed by atoms with Crippen molar-refractivity contribution in [2.75, 3.05) is 20.2 Å². The highest BCUT2D eigenvalue weighted by molar-refractivity contribution is 7.86. The Kier molecular flexibility index (Phi) is 14.4. The van der Waals surface area contributed by atoms with Crippen molar-refractivity contribution < 1.29 is 17.8 Å². The van der Waals surface area contributed by atoms with E-state index in [1.54, 1.807) is 31.3 Å². The summed E-state index contributed by atoms with van der Waals surface area (Å²) in [6.07, 6.45) is 21.1. The standard InChI is InChI=1S/C18H29NO3S.C10H20O/c1-16-11-13-18(14-12-16)23(20,21)22-19(2)15-7-6-10-17-8-4-3-5-9-17;11-9-5-4-8-10-6-2-1-3-7-10/h11-14,17H,3-10,15H2,1-2H3;10-11H,1-9H2. The number of hydrogen-bond acceptors (Lipinski definition) is 5. The summed E-state index contributed by atoms with van der Waals surface area (Å²) in [5.41, 5.74) is 1.03. The van der Waals surface area contributed by atoms with Crippen LogP contribution in [0.1, 0.15) is 108 Å². The molecule has 2 aliphatic carbocycles. The van der Waals surface area contributed by atoms with Gasteiger partial charge in [-0.3, -0.25) is 0 Å². The highest BCUT2D eigenvalue weighted by atomic mass is 32.2. The van der Waals surface area contributed by atoms with E-state index in [1.807, 2.05) is 6.92 Å². The summed E-state index contributed by atoms with van der Waals surface area (Å²) in [5.74, 6) is 1.88. The average Bonchev–Trinajstić information content (AvgIpc) is 2.84. The third-order valence-electron chi connectivity index (χ3n) is 7.34. The smallest absolute Gasteiger partial charge is 0.313 e. The molecule has 3 rings (SSSR count). The third kappa shape index (κ3) is 12.1. The van der Waals surface area contributed by atoms with Crippen LogP contribution in [0.5, 0.6) is 0 Å². The third-order valence-corrected chi connectivity index (χ3v) is 8.64. The number of aliphatic hydroxyl groups excluding tert-OH is 1. The Bertz CT molecular complexity index is 738. The monoisotopic (exact) mass is 495 g/mol. The summed E-state index contributed by atoms with van der Waals surface area (Å²) in [6.45, 7) is 2.94. The Morgan fingerprint density at radius 1 is 0.824 bits per heavy atom. The van der Waals surface area contributed by atoms with E-state index in [1.165, 1.54) is 88.5 Å². The van der Waals surface area contributed by atoms with Gasteiger partial charge in [0.25, 0.3) is 0 Å². The molecule has 196 valence electrons. The summed E-state index contributed by atoms with van der Waals surface area (Å²) < 4.78 is 29.5. The number of unbranched alkanes of at least 4 members (excludes halogenated alkanes) is 2. The first-order valence-corrected chi connectivity index (χ1v) is 15.1. The molecule has 0 amide bonds. The Balaban J connectivity index is 0.000000310. The zero-order chi connectivity index (χ0) is 24.7. The maximum atomic E-state index is 12.2. The zero-order valence-electron chi connectivity index (χ0n) is 21.7. The molecule has 0 radical (unpaired) electrons. The first-order chi connectivity index (χ1) is 16.4. The molecule has 0 saturated heterocycles. The molecule has 1 aromatic rings. The summed E-state index contributed by atoms with van der Waals surface area (Å²) >= 11 is 0. The molecule has 1 aromatic carbocycles. The number of benzene rings is 1. The average molecular weight is 496 g/mol. The molecule has 6 heteroatoms. The van der Waals surface area contributed by atoms with Gasteiger partial charge in [0.1, 0.15) is 0 Å². The summed E-state index contributed by atoms with van der Waals surface area (Å²) in [4.78, 5) is 0.206. The lowest BCUT2D eigenvalue weighted by atomic mass is 9.86. The Labute approximate surface area is 209 Å². The quantitative estimate of drug-likeness (QED) is 0.249. The fourth-order valence-electron chi connectivity index (χ4n) is 5.22. The van der Waals surface area contributed by atoms with Crippen LogP contribution in [0.15, 0.2) is 29.2 Å². The number of nitrogens with zero attached hydrogens (tertiary/aromatic N) is 1. The molecule has 0 atom stereocenters. The predicted molar refractivity (Wildman–Crippen MR) is 140 cm³/mol. The summed E-state index contributed by atoms with van der Waals surface area (Å²) in [7, 11) is -2.02. The number of aliphatic hydroxyl groups is 1. The minimum absolute atomic E-state index is 0.206. The highest BCUT2D eigenvalue weighted by Gasteiger charge is 2.18. The molecule has 1 N–H and O–H groups in total. The molecule has 2 fully saturated rings. The lowest BCUT2D eigenvalue weighted by molar-refractivity contribution is -0.0254. The maximum absolute atomic E-state index is 12.2. The van der Waals surface area contributed by atoms with Crippen molar-refractivity contribution in [1.29, 1.82) is 0 Å². The van der Waals surface area contributed by atoms with Gasteiger partial charge in [0.15, 0.2) is 0 Å². The Morgan fingerprint density at radius 3 is 1.82 bits per heavy atom. The van der Waals surface area contributed by atoms with Gasteiger partial charge < -0.3 is 5.11 Å². The van der Waals surface area contributed by atoms with Crippen LogP contribution < -0.4 is 0 Å². The van der Waals surface area contributed by atoms with Crippen molar-refractivity contribution in [3.8, 4) is 0 Å². The van der Waals surface area contributed by atoms with Gasteiger partial charge in [-0.05, 0) is 43.7 Å². The second-order valence-electron chi connectivity index (χ2n) is 10.4. The van der Waals surface area contributed by atoms with E-state index in [0.717, 1.165) is 36.7 Å². The van der Waals surface area contributed by atoms with Gasteiger partial charge in [-0.1, -0.05) is 108 Å². The van der Waals surface area contributed by atoms with Crippen LogP contribution in [0.25, 0.3) is 0 Å². The van der Waals surface area contributed by atoms with Crippen LogP contribution in [-0.2, 0) is 14.4 Å². The van der Waals surface area contributed by atoms with Crippen LogP contribution in [0, 0.1) is 18.8 Å². The van der Waals surface area contributed by atoms with E-state index in [9.17, 15) is 8.42 Å². The van der Waals surface area contributed by atoms with E-state index in [0.29, 0.717) is 13.2 Å². The zero-order valence-corrected chi connectivity index (χ0v) is 22.5. The topological polar surface area (TPSA) is 66.8 Å². The number of aryl methyl sites for hydroxylation is 1. The number of rotatable bonds is 12. The van der Waals surface area contributed by atoms with Crippen molar-refractivity contribution in [2.24, 2.45) is 11.8 Å². The lowest BCUT2D eigenvalue weighted by Crippen LogP contribution is -2.24. The molecule has 0 spiro atoms. The normalized spacial score (nSPS) is 18.0. The summed E-state index contributed by atoms with van der Waals surface area (Å²) in [6, 6.07) is 6.73. The molecule has 34 heavy (non-hydrogen) atoms. The van der Waals surface area contributed by atoms with Crippen molar-refractivity contribution in [3.63, 3.8) is 0 Å². The van der Waals surface area contributed by atoms with Crippen molar-refractivity contribution >= 4 is 10.1 Å². The van der Waals surface area contributed by atoms with E-state index >= 15 is 0 Å². The summed E-state index contributed by atoms with van der Waals surface area (Å²) in [5, 5.41) is 10.0. The molecule has 0 unspecified atom stereocenters. The van der Waals surface area contributed by atoms with Crippen molar-refractivity contribution in [2.45, 2.75) is 115 Å². The van der Waals surface area contributed by atoms with Gasteiger partial charge in [0.05, 0.1) is 4.90 Å². The lowest BCUT2D eigenvalue weighted by Gasteiger charge is -2.22. The minimum atomic E-state index is -3.71. The van der Waals surface area contributed by atoms with Crippen LogP contribution >= 0.6 is 0 Å². The fourth-order valence-corrected chi connectivity index (χ4v) is 6.18. The first kappa shape index (κ1) is 29.3. The van der Waals surface area contributed by atoms with Crippen LogP contribution in [0.3, 0.4) is 0 Å². The molecule has 2 aliphatic rings. The molecular formula is C28H49NO4S. The van der Waals surface area contributed by atoms with Crippen molar-refractivity contribution in [1.82, 2.24) is 5.06 Å². The van der Waals surface area contributed by atoms with Gasteiger partial charge in [-0.25, -0.2) is 0 Å². The maximum Gasteiger partial charge on any atom is 0.313 e. The van der Waals surface area contributed by atoms with Gasteiger partial charge in [0.2, 0.25) is 0 Å². The largest absolute Gasteiger partial charge is 0.396 e. The highest BCUT2D eigenvalue weighted by Crippen LogP contribution is 2.28. The van der Waals surface area contributed by atoms with Crippen molar-refractivity contribution in [3.05, 3.63) is 29.8 Å². The number of hydroxylamine groups is 2. The van der Waals surface area contributed by atoms with Gasteiger partial charge in [-0.15, -0.1) is 0 Å². The minimum Gasteiger partial charge on any atom is -0.396 e. The molecule has 0 bridgehead atoms. The molecular weight excluding hydrogens is 446 g/mol. The van der Waals surface area contributed by atoms with Gasteiger partial charge >= 0.3 is 10.1 Å². The van der Waals surface area contributed by atoms with Crippen LogP contribution in [-0.4, -0.2) is 38.8 Å². The predicted octanol–water partition coefficient (Wildman–Crippen LogP) is 7.03. The number of hydrogen-bond donors (Lipinski definition) is 1. The van der Waals surface area contributed by atoms with E-state index in [-0.39, 0.29) is 4.90 Å².